The van der Waals surface area contributed by atoms with Crippen molar-refractivity contribution in [2.24, 2.45) is 10.7 Å². The molecule has 1 amide bonds. The summed E-state index contributed by atoms with van der Waals surface area (Å²) in [5, 5.41) is 2.76. The van der Waals surface area contributed by atoms with Gasteiger partial charge < -0.3 is 16.0 Å². The number of nitrogens with two attached hydrogens (primary N) is 1. The number of pyridine rings is 1. The third-order valence-corrected chi connectivity index (χ3v) is 4.05. The van der Waals surface area contributed by atoms with Crippen molar-refractivity contribution in [2.45, 2.75) is 13.3 Å². The first-order valence-electron chi connectivity index (χ1n) is 7.01. The van der Waals surface area contributed by atoms with E-state index in [1.54, 1.807) is 6.07 Å². The molecule has 0 saturated carbocycles. The molecule has 1 fully saturated rings. The maximum Gasteiger partial charge on any atom is 0.227 e. The Balaban J connectivity index is 0.00000242. The predicted octanol–water partition coefficient (Wildman–Crippen LogP) is 1.70. The second-order valence-corrected chi connectivity index (χ2v) is 6.03. The number of halogens is 1. The van der Waals surface area contributed by atoms with E-state index >= 15 is 0 Å². The fourth-order valence-electron chi connectivity index (χ4n) is 1.98. The first-order chi connectivity index (χ1) is 10.1. The normalized spacial score (nSPS) is 15.1. The SMILES string of the molecule is Cc1cccc(NC(=O)CCN=C(N)N2CCSCC2)n1.I. The van der Waals surface area contributed by atoms with Gasteiger partial charge in [0.2, 0.25) is 5.91 Å². The van der Waals surface area contributed by atoms with E-state index in [2.05, 4.69) is 20.2 Å². The van der Waals surface area contributed by atoms with E-state index in [0.717, 1.165) is 30.3 Å². The van der Waals surface area contributed by atoms with Crippen LogP contribution in [0.5, 0.6) is 0 Å². The first kappa shape index (κ1) is 19.0. The minimum Gasteiger partial charge on any atom is -0.370 e. The van der Waals surface area contributed by atoms with Crippen LogP contribution in [0.1, 0.15) is 12.1 Å². The van der Waals surface area contributed by atoms with Crippen molar-refractivity contribution in [3.8, 4) is 0 Å². The summed E-state index contributed by atoms with van der Waals surface area (Å²) >= 11 is 1.92. The highest BCUT2D eigenvalue weighted by molar-refractivity contribution is 14.0. The predicted molar refractivity (Wildman–Crippen MR) is 103 cm³/mol. The topological polar surface area (TPSA) is 83.6 Å². The Kier molecular flexibility index (Phi) is 8.54. The third-order valence-electron chi connectivity index (χ3n) is 3.10. The lowest BCUT2D eigenvalue weighted by atomic mass is 10.3. The molecule has 1 aliphatic heterocycles. The molecule has 0 aromatic carbocycles. The van der Waals surface area contributed by atoms with E-state index in [1.165, 1.54) is 0 Å². The van der Waals surface area contributed by atoms with Crippen molar-refractivity contribution in [1.29, 1.82) is 0 Å². The van der Waals surface area contributed by atoms with Crippen LogP contribution >= 0.6 is 35.7 Å². The maximum atomic E-state index is 11.8. The van der Waals surface area contributed by atoms with Crippen molar-refractivity contribution >= 4 is 53.4 Å². The van der Waals surface area contributed by atoms with Crippen LogP contribution in [0.15, 0.2) is 23.2 Å². The number of nitrogens with zero attached hydrogens (tertiary/aromatic N) is 3. The summed E-state index contributed by atoms with van der Waals surface area (Å²) in [5.41, 5.74) is 6.80. The number of aryl methyl sites for hydroxylation is 1. The Morgan fingerprint density at radius 3 is 2.86 bits per heavy atom. The van der Waals surface area contributed by atoms with Gasteiger partial charge in [0.15, 0.2) is 5.96 Å². The first-order valence-corrected chi connectivity index (χ1v) is 8.17. The number of anilines is 1. The van der Waals surface area contributed by atoms with Gasteiger partial charge in [0.1, 0.15) is 5.82 Å². The number of guanidine groups is 1. The lowest BCUT2D eigenvalue weighted by molar-refractivity contribution is -0.116. The van der Waals surface area contributed by atoms with Gasteiger partial charge in [0.05, 0.1) is 6.54 Å². The van der Waals surface area contributed by atoms with Crippen molar-refractivity contribution < 1.29 is 4.79 Å². The minimum absolute atomic E-state index is 0. The standard InChI is InChI=1S/C14H21N5OS.HI/c1-11-3-2-4-12(17-11)18-13(20)5-6-16-14(15)19-7-9-21-10-8-19;/h2-4H,5-10H2,1H3,(H2,15,16)(H,17,18,20);1H. The largest absolute Gasteiger partial charge is 0.370 e. The Morgan fingerprint density at radius 1 is 1.45 bits per heavy atom. The van der Waals surface area contributed by atoms with Gasteiger partial charge in [-0.1, -0.05) is 6.07 Å². The number of hydrogen-bond acceptors (Lipinski definition) is 4. The summed E-state index contributed by atoms with van der Waals surface area (Å²) in [6.07, 6.45) is 0.304. The smallest absolute Gasteiger partial charge is 0.227 e. The molecular formula is C14H22IN5OS. The van der Waals surface area contributed by atoms with E-state index in [0.29, 0.717) is 24.7 Å². The summed E-state index contributed by atoms with van der Waals surface area (Å²) in [6, 6.07) is 5.52. The molecule has 1 aromatic heterocycles. The van der Waals surface area contributed by atoms with Crippen molar-refractivity contribution in [1.82, 2.24) is 9.88 Å². The molecule has 1 aliphatic rings. The van der Waals surface area contributed by atoms with E-state index in [4.69, 9.17) is 5.73 Å². The maximum absolute atomic E-state index is 11.8. The summed E-state index contributed by atoms with van der Waals surface area (Å²) < 4.78 is 0. The van der Waals surface area contributed by atoms with Crippen LogP contribution in [0, 0.1) is 6.92 Å². The molecule has 3 N–H and O–H groups in total. The van der Waals surface area contributed by atoms with Gasteiger partial charge in [-0.05, 0) is 19.1 Å². The summed E-state index contributed by atoms with van der Waals surface area (Å²) in [5.74, 6) is 3.17. The Hall–Kier alpha value is -1.03. The van der Waals surface area contributed by atoms with E-state index < -0.39 is 0 Å². The highest BCUT2D eigenvalue weighted by Crippen LogP contribution is 2.08. The molecule has 0 unspecified atom stereocenters. The molecular weight excluding hydrogens is 413 g/mol. The molecule has 1 aromatic rings. The van der Waals surface area contributed by atoms with Crippen LogP contribution in [0.2, 0.25) is 0 Å². The summed E-state index contributed by atoms with van der Waals surface area (Å²) in [6.45, 7) is 4.14. The molecule has 2 heterocycles. The number of aliphatic imine (C=N–C) groups is 1. The fourth-order valence-corrected chi connectivity index (χ4v) is 2.89. The zero-order valence-corrected chi connectivity index (χ0v) is 15.8. The number of aromatic nitrogens is 1. The molecule has 22 heavy (non-hydrogen) atoms. The Morgan fingerprint density at radius 2 is 2.18 bits per heavy atom. The Labute approximate surface area is 152 Å². The monoisotopic (exact) mass is 435 g/mol. The van der Waals surface area contributed by atoms with Crippen LogP contribution in [-0.4, -0.2) is 52.9 Å². The lowest BCUT2D eigenvalue weighted by Gasteiger charge is -2.27. The second kappa shape index (κ2) is 9.88. The number of carbonyl (C=O) groups excluding carboxylic acids is 1. The molecule has 0 atom stereocenters. The van der Waals surface area contributed by atoms with Crippen LogP contribution in [0.3, 0.4) is 0 Å². The van der Waals surface area contributed by atoms with Crippen LogP contribution in [-0.2, 0) is 4.79 Å². The van der Waals surface area contributed by atoms with Crippen LogP contribution < -0.4 is 11.1 Å². The number of amides is 1. The quantitative estimate of drug-likeness (QED) is 0.428. The zero-order valence-electron chi connectivity index (χ0n) is 12.6. The second-order valence-electron chi connectivity index (χ2n) is 4.80. The zero-order chi connectivity index (χ0) is 15.1. The number of nitrogens with one attached hydrogen (secondary N) is 1. The molecule has 122 valence electrons. The van der Waals surface area contributed by atoms with Gasteiger partial charge in [-0.15, -0.1) is 24.0 Å². The third kappa shape index (κ3) is 6.39. The van der Waals surface area contributed by atoms with Gasteiger partial charge >= 0.3 is 0 Å². The van der Waals surface area contributed by atoms with E-state index in [-0.39, 0.29) is 29.9 Å². The van der Waals surface area contributed by atoms with Gasteiger partial charge in [-0.2, -0.15) is 11.8 Å². The molecule has 2 rings (SSSR count). The number of hydrogen-bond donors (Lipinski definition) is 2. The Bertz CT molecular complexity index is 520. The van der Waals surface area contributed by atoms with E-state index in [9.17, 15) is 4.79 Å². The minimum atomic E-state index is -0.0983. The molecule has 0 spiro atoms. The van der Waals surface area contributed by atoms with Gasteiger partial charge in [0, 0.05) is 36.7 Å². The molecule has 0 aliphatic carbocycles. The fraction of sp³-hybridized carbons (Fsp3) is 0.500. The van der Waals surface area contributed by atoms with Gasteiger partial charge in [-0.25, -0.2) is 4.98 Å². The van der Waals surface area contributed by atoms with Crippen molar-refractivity contribution in [3.05, 3.63) is 23.9 Å². The summed E-state index contributed by atoms with van der Waals surface area (Å²) in [7, 11) is 0. The number of carbonyl (C=O) groups is 1. The van der Waals surface area contributed by atoms with Crippen LogP contribution in [0.4, 0.5) is 5.82 Å². The average Bonchev–Trinajstić information content (AvgIpc) is 2.48. The highest BCUT2D eigenvalue weighted by Gasteiger charge is 2.12. The van der Waals surface area contributed by atoms with Crippen molar-refractivity contribution in [2.75, 3.05) is 36.5 Å². The number of rotatable bonds is 4. The van der Waals surface area contributed by atoms with Crippen molar-refractivity contribution in [3.63, 3.8) is 0 Å². The average molecular weight is 435 g/mol. The van der Waals surface area contributed by atoms with Gasteiger partial charge in [0.25, 0.3) is 0 Å². The van der Waals surface area contributed by atoms with Gasteiger partial charge in [-0.3, -0.25) is 9.79 Å². The molecule has 6 nitrogen and oxygen atoms in total. The van der Waals surface area contributed by atoms with Crippen LogP contribution in [0.25, 0.3) is 0 Å². The number of thioether (sulfide) groups is 1. The molecule has 8 heteroatoms. The highest BCUT2D eigenvalue weighted by atomic mass is 127. The molecule has 0 radical (unpaired) electrons. The summed E-state index contributed by atoms with van der Waals surface area (Å²) in [4.78, 5) is 22.4. The molecule has 0 bridgehead atoms. The molecule has 1 saturated heterocycles. The lowest BCUT2D eigenvalue weighted by Crippen LogP contribution is -2.42. The van der Waals surface area contributed by atoms with E-state index in [1.807, 2.05) is 30.8 Å².